The fourth-order valence-corrected chi connectivity index (χ4v) is 2.54. The Balaban J connectivity index is 1.78. The molecule has 3 heterocycles. The summed E-state index contributed by atoms with van der Waals surface area (Å²) in [6.07, 6.45) is 3.71. The second-order valence-corrected chi connectivity index (χ2v) is 5.35. The molecule has 0 bridgehead atoms. The molecule has 0 radical (unpaired) electrons. The summed E-state index contributed by atoms with van der Waals surface area (Å²) >= 11 is 0. The van der Waals surface area contributed by atoms with E-state index in [4.69, 9.17) is 4.74 Å². The molecule has 2 aromatic heterocycles. The van der Waals surface area contributed by atoms with Crippen molar-refractivity contribution in [2.75, 3.05) is 38.2 Å². The Morgan fingerprint density at radius 2 is 2.22 bits per heavy atom. The van der Waals surface area contributed by atoms with Crippen LogP contribution in [0.2, 0.25) is 0 Å². The van der Waals surface area contributed by atoms with Crippen LogP contribution >= 0.6 is 0 Å². The summed E-state index contributed by atoms with van der Waals surface area (Å²) in [6, 6.07) is 3.62. The minimum atomic E-state index is 0.0189. The number of pyridine rings is 1. The average molecular weight is 315 g/mol. The Bertz CT molecular complexity index is 718. The van der Waals surface area contributed by atoms with Crippen molar-refractivity contribution in [3.63, 3.8) is 0 Å². The van der Waals surface area contributed by atoms with Gasteiger partial charge in [-0.15, -0.1) is 0 Å². The van der Waals surface area contributed by atoms with Gasteiger partial charge in [0.05, 0.1) is 25.2 Å². The maximum atomic E-state index is 12.5. The first-order chi connectivity index (χ1) is 11.2. The molecule has 1 aliphatic rings. The van der Waals surface area contributed by atoms with Gasteiger partial charge < -0.3 is 24.7 Å². The summed E-state index contributed by atoms with van der Waals surface area (Å²) in [5.74, 6) is 1.40. The van der Waals surface area contributed by atoms with E-state index in [0.717, 1.165) is 12.2 Å². The van der Waals surface area contributed by atoms with Crippen molar-refractivity contribution in [2.45, 2.75) is 6.92 Å². The lowest BCUT2D eigenvalue weighted by molar-refractivity contribution is 0.0303. The summed E-state index contributed by atoms with van der Waals surface area (Å²) in [4.78, 5) is 18.8. The Morgan fingerprint density at radius 3 is 2.96 bits per heavy atom. The first-order valence-corrected chi connectivity index (χ1v) is 7.73. The highest BCUT2D eigenvalue weighted by Gasteiger charge is 2.19. The van der Waals surface area contributed by atoms with Crippen molar-refractivity contribution < 1.29 is 9.53 Å². The van der Waals surface area contributed by atoms with Gasteiger partial charge in [0.25, 0.3) is 5.91 Å². The van der Waals surface area contributed by atoms with Crippen molar-refractivity contribution in [3.8, 4) is 0 Å². The SMILES string of the molecule is C=C(NCC)Nc1cn2ccc(C(=O)N3CCOCC3)cc2n1. The third kappa shape index (κ3) is 3.45. The Hall–Kier alpha value is -2.54. The van der Waals surface area contributed by atoms with Crippen LogP contribution in [0.4, 0.5) is 5.82 Å². The fraction of sp³-hybridized carbons (Fsp3) is 0.375. The summed E-state index contributed by atoms with van der Waals surface area (Å²) in [6.45, 7) is 9.12. The second kappa shape index (κ2) is 6.70. The van der Waals surface area contributed by atoms with Gasteiger partial charge in [-0.1, -0.05) is 6.58 Å². The second-order valence-electron chi connectivity index (χ2n) is 5.35. The van der Waals surface area contributed by atoms with Crippen molar-refractivity contribution in [1.82, 2.24) is 19.6 Å². The van der Waals surface area contributed by atoms with Crippen molar-refractivity contribution >= 4 is 17.4 Å². The number of morpholine rings is 1. The van der Waals surface area contributed by atoms with E-state index in [1.807, 2.05) is 34.7 Å². The number of nitrogens with zero attached hydrogens (tertiary/aromatic N) is 3. The van der Waals surface area contributed by atoms with E-state index in [1.165, 1.54) is 0 Å². The standard InChI is InChI=1S/C16H21N5O2/c1-3-17-12(2)18-14-11-21-5-4-13(10-15(21)19-14)16(22)20-6-8-23-9-7-20/h4-5,10-11,17-18H,2-3,6-9H2,1H3. The molecule has 0 atom stereocenters. The van der Waals surface area contributed by atoms with Crippen LogP contribution in [0.25, 0.3) is 5.65 Å². The number of anilines is 1. The van der Waals surface area contributed by atoms with E-state index in [1.54, 1.807) is 6.07 Å². The maximum Gasteiger partial charge on any atom is 0.254 e. The zero-order valence-electron chi connectivity index (χ0n) is 13.2. The predicted molar refractivity (Wildman–Crippen MR) is 88.4 cm³/mol. The van der Waals surface area contributed by atoms with Crippen molar-refractivity contribution in [1.29, 1.82) is 0 Å². The fourth-order valence-electron chi connectivity index (χ4n) is 2.54. The lowest BCUT2D eigenvalue weighted by Gasteiger charge is -2.26. The van der Waals surface area contributed by atoms with E-state index in [9.17, 15) is 4.79 Å². The van der Waals surface area contributed by atoms with Gasteiger partial charge in [-0.05, 0) is 19.1 Å². The molecule has 2 aromatic rings. The zero-order valence-corrected chi connectivity index (χ0v) is 13.2. The van der Waals surface area contributed by atoms with Gasteiger partial charge in [0.2, 0.25) is 0 Å². The molecular formula is C16H21N5O2. The minimum absolute atomic E-state index is 0.0189. The van der Waals surface area contributed by atoms with E-state index < -0.39 is 0 Å². The third-order valence-corrected chi connectivity index (χ3v) is 3.67. The van der Waals surface area contributed by atoms with Gasteiger partial charge in [-0.25, -0.2) is 4.98 Å². The number of aromatic nitrogens is 2. The average Bonchev–Trinajstić information content (AvgIpc) is 2.96. The van der Waals surface area contributed by atoms with E-state index >= 15 is 0 Å². The molecular weight excluding hydrogens is 294 g/mol. The Kier molecular flexibility index (Phi) is 4.47. The van der Waals surface area contributed by atoms with Gasteiger partial charge in [-0.2, -0.15) is 0 Å². The largest absolute Gasteiger partial charge is 0.378 e. The Labute approximate surface area is 134 Å². The first-order valence-electron chi connectivity index (χ1n) is 7.73. The highest BCUT2D eigenvalue weighted by Crippen LogP contribution is 2.14. The van der Waals surface area contributed by atoms with Gasteiger partial charge in [-0.3, -0.25) is 4.79 Å². The van der Waals surface area contributed by atoms with E-state index in [2.05, 4.69) is 22.2 Å². The number of imidazole rings is 1. The lowest BCUT2D eigenvalue weighted by atomic mass is 10.2. The van der Waals surface area contributed by atoms with Crippen LogP contribution in [0.1, 0.15) is 17.3 Å². The smallest absolute Gasteiger partial charge is 0.254 e. The van der Waals surface area contributed by atoms with Gasteiger partial charge in [0.15, 0.2) is 5.82 Å². The molecule has 7 heteroatoms. The van der Waals surface area contributed by atoms with Crippen LogP contribution in [0.3, 0.4) is 0 Å². The van der Waals surface area contributed by atoms with Crippen LogP contribution < -0.4 is 10.6 Å². The molecule has 0 unspecified atom stereocenters. The normalized spacial score (nSPS) is 14.7. The number of amides is 1. The minimum Gasteiger partial charge on any atom is -0.378 e. The topological polar surface area (TPSA) is 70.9 Å². The highest BCUT2D eigenvalue weighted by atomic mass is 16.5. The third-order valence-electron chi connectivity index (χ3n) is 3.67. The van der Waals surface area contributed by atoms with E-state index in [-0.39, 0.29) is 5.91 Å². The molecule has 0 spiro atoms. The first kappa shape index (κ1) is 15.4. The number of fused-ring (bicyclic) bond motifs is 1. The number of carbonyl (C=O) groups is 1. The summed E-state index contributed by atoms with van der Waals surface area (Å²) in [7, 11) is 0. The summed E-state index contributed by atoms with van der Waals surface area (Å²) in [5, 5.41) is 6.18. The van der Waals surface area contributed by atoms with Crippen LogP contribution in [0.5, 0.6) is 0 Å². The molecule has 0 aliphatic carbocycles. The van der Waals surface area contributed by atoms with Gasteiger partial charge in [0, 0.05) is 31.4 Å². The lowest BCUT2D eigenvalue weighted by Crippen LogP contribution is -2.40. The van der Waals surface area contributed by atoms with Crippen LogP contribution in [-0.2, 0) is 4.74 Å². The molecule has 23 heavy (non-hydrogen) atoms. The maximum absolute atomic E-state index is 12.5. The summed E-state index contributed by atoms with van der Waals surface area (Å²) < 4.78 is 7.16. The number of ether oxygens (including phenoxy) is 1. The number of carbonyl (C=O) groups excluding carboxylic acids is 1. The van der Waals surface area contributed by atoms with Gasteiger partial charge in [0.1, 0.15) is 5.65 Å². The molecule has 122 valence electrons. The van der Waals surface area contributed by atoms with Gasteiger partial charge >= 0.3 is 0 Å². The number of rotatable bonds is 5. The highest BCUT2D eigenvalue weighted by molar-refractivity contribution is 5.95. The molecule has 2 N–H and O–H groups in total. The van der Waals surface area contributed by atoms with Crippen LogP contribution in [0.15, 0.2) is 36.9 Å². The van der Waals surface area contributed by atoms with Crippen LogP contribution in [-0.4, -0.2) is 53.0 Å². The van der Waals surface area contributed by atoms with Crippen molar-refractivity contribution in [3.05, 3.63) is 42.5 Å². The molecule has 7 nitrogen and oxygen atoms in total. The predicted octanol–water partition coefficient (Wildman–Crippen LogP) is 1.30. The monoisotopic (exact) mass is 315 g/mol. The quantitative estimate of drug-likeness (QED) is 0.870. The Morgan fingerprint density at radius 1 is 1.43 bits per heavy atom. The number of hydrogen-bond acceptors (Lipinski definition) is 5. The molecule has 3 rings (SSSR count). The number of hydrogen-bond donors (Lipinski definition) is 2. The molecule has 1 amide bonds. The molecule has 1 aliphatic heterocycles. The zero-order chi connectivity index (χ0) is 16.2. The van der Waals surface area contributed by atoms with Crippen molar-refractivity contribution in [2.24, 2.45) is 0 Å². The van der Waals surface area contributed by atoms with Crippen LogP contribution in [0, 0.1) is 0 Å². The number of nitrogens with one attached hydrogen (secondary N) is 2. The molecule has 0 aromatic carbocycles. The molecule has 1 saturated heterocycles. The van der Waals surface area contributed by atoms with E-state index in [0.29, 0.717) is 43.5 Å². The molecule has 1 fully saturated rings. The molecule has 0 saturated carbocycles. The summed E-state index contributed by atoms with van der Waals surface area (Å²) in [5.41, 5.74) is 1.36.